The van der Waals surface area contributed by atoms with E-state index in [-0.39, 0.29) is 22.1 Å². The molecule has 0 aliphatic heterocycles. The zero-order valence-corrected chi connectivity index (χ0v) is 22.8. The molecule has 0 aromatic carbocycles. The lowest BCUT2D eigenvalue weighted by atomic mass is 10.1. The lowest BCUT2D eigenvalue weighted by Crippen LogP contribution is -2.70. The Kier molecular flexibility index (Phi) is 21.9. The summed E-state index contributed by atoms with van der Waals surface area (Å²) < 4.78 is 9.79. The molecule has 0 atom stereocenters. The maximum absolute atomic E-state index is 8.30. The van der Waals surface area contributed by atoms with Gasteiger partial charge in [-0.1, -0.05) is 0 Å². The van der Waals surface area contributed by atoms with Gasteiger partial charge in [0, 0.05) is 44.5 Å². The molecule has 28 heavy (non-hydrogen) atoms. The van der Waals surface area contributed by atoms with Crippen LogP contribution in [0.3, 0.4) is 0 Å². The standard InChI is InChI=1S/C10H26N2OSi.C4H11N.C2H8O3Si.CH4O.H2O/c1-9(2,3)11-14(8,13-7)12-10(4,5)6;1-4(2,3)5;1-5-6(2,3)4;1-2;/h11-12H,1-8H3;5H2,1-3H3;3-4H,1-2H3;2H,1H3;1H2/p+1. The van der Waals surface area contributed by atoms with Crippen molar-refractivity contribution in [1.29, 1.82) is 0 Å². The molecule has 0 aliphatic rings. The molecule has 178 valence electrons. The van der Waals surface area contributed by atoms with E-state index in [0.29, 0.717) is 0 Å². The minimum absolute atomic E-state index is 0. The third kappa shape index (κ3) is 50.2. The smallest absolute Gasteiger partial charge is 0.457 e. The van der Waals surface area contributed by atoms with Gasteiger partial charge in [-0.05, 0) is 68.9 Å². The lowest BCUT2D eigenvalue weighted by Gasteiger charge is -2.39. The van der Waals surface area contributed by atoms with E-state index in [2.05, 4.69) is 62.5 Å². The first-order valence-corrected chi connectivity index (χ1v) is 13.6. The van der Waals surface area contributed by atoms with Crippen molar-refractivity contribution in [3.8, 4) is 0 Å². The fourth-order valence-electron chi connectivity index (χ4n) is 1.56. The van der Waals surface area contributed by atoms with Crippen LogP contribution in [0.5, 0.6) is 0 Å². The Morgan fingerprint density at radius 1 is 0.714 bits per heavy atom. The van der Waals surface area contributed by atoms with Crippen LogP contribution in [-0.4, -0.2) is 70.1 Å². The average molecular weight is 451 g/mol. The highest BCUT2D eigenvalue weighted by Crippen LogP contribution is 2.10. The van der Waals surface area contributed by atoms with E-state index in [1.165, 1.54) is 13.7 Å². The van der Waals surface area contributed by atoms with Crippen molar-refractivity contribution in [2.24, 2.45) is 5.73 Å². The molecule has 0 spiro atoms. The zero-order valence-electron chi connectivity index (χ0n) is 20.8. The summed E-state index contributed by atoms with van der Waals surface area (Å²) in [4.78, 5) is 23.7. The maximum atomic E-state index is 8.30. The van der Waals surface area contributed by atoms with Gasteiger partial charge >= 0.3 is 17.4 Å². The van der Waals surface area contributed by atoms with Crippen LogP contribution in [0.15, 0.2) is 0 Å². The number of nitrogens with two attached hydrogens (primary N) is 1. The molecule has 9 nitrogen and oxygen atoms in total. The van der Waals surface area contributed by atoms with Crippen molar-refractivity contribution in [3.63, 3.8) is 0 Å². The Hall–Kier alpha value is 0.0738. The van der Waals surface area contributed by atoms with Crippen LogP contribution in [0.25, 0.3) is 0 Å². The lowest BCUT2D eigenvalue weighted by molar-refractivity contribution is 0.194. The Labute approximate surface area is 176 Å². The van der Waals surface area contributed by atoms with E-state index < -0.39 is 17.4 Å². The second kappa shape index (κ2) is 15.9. The summed E-state index contributed by atoms with van der Waals surface area (Å²) in [5, 5.41) is 7.00. The van der Waals surface area contributed by atoms with Gasteiger partial charge in [-0.15, -0.1) is 0 Å². The molecule has 0 radical (unpaired) electrons. The van der Waals surface area contributed by atoms with Gasteiger partial charge in [0.05, 0.1) is 0 Å². The molecule has 0 rings (SSSR count). The molecule has 0 saturated carbocycles. The number of rotatable bonds is 4. The van der Waals surface area contributed by atoms with E-state index in [9.17, 15) is 0 Å². The van der Waals surface area contributed by atoms with E-state index in [1.807, 2.05) is 20.8 Å². The summed E-state index contributed by atoms with van der Waals surface area (Å²) in [6.07, 6.45) is 0. The van der Waals surface area contributed by atoms with Crippen LogP contribution in [0.4, 0.5) is 0 Å². The van der Waals surface area contributed by atoms with E-state index >= 15 is 0 Å². The first-order valence-electron chi connectivity index (χ1n) is 8.91. The van der Waals surface area contributed by atoms with Crippen molar-refractivity contribution < 1.29 is 29.0 Å². The summed E-state index contributed by atoms with van der Waals surface area (Å²) in [5.41, 5.74) is 5.51. The van der Waals surface area contributed by atoms with Crippen LogP contribution >= 0.6 is 0 Å². The summed E-state index contributed by atoms with van der Waals surface area (Å²) in [5.74, 6) is 0. The van der Waals surface area contributed by atoms with Crippen molar-refractivity contribution >= 4 is 17.4 Å². The van der Waals surface area contributed by atoms with E-state index in [4.69, 9.17) is 24.9 Å². The highest BCUT2D eigenvalue weighted by atomic mass is 28.4. The first-order chi connectivity index (χ1) is 11.5. The molecule has 11 heteroatoms. The SMILES string of the molecule is CC(C)(C)N.CO.CO[Si](C)(NC(C)(C)C)NC(C)(C)C.CO[Si](C)(O)O.[OH3+]. The largest absolute Gasteiger partial charge is 0.491 e. The van der Waals surface area contributed by atoms with Crippen LogP contribution in [0.1, 0.15) is 62.3 Å². The summed E-state index contributed by atoms with van der Waals surface area (Å²) >= 11 is 0. The van der Waals surface area contributed by atoms with Gasteiger partial charge in [-0.2, -0.15) is 0 Å². The summed E-state index contributed by atoms with van der Waals surface area (Å²) in [7, 11) is -1.09. The third-order valence-corrected chi connectivity index (χ3v) is 6.07. The highest BCUT2D eigenvalue weighted by Gasteiger charge is 2.36. The quantitative estimate of drug-likeness (QED) is 0.268. The molecule has 0 aliphatic carbocycles. The monoisotopic (exact) mass is 450 g/mol. The molecule has 0 fully saturated rings. The van der Waals surface area contributed by atoms with Crippen molar-refractivity contribution in [2.75, 3.05) is 21.3 Å². The predicted octanol–water partition coefficient (Wildman–Crippen LogP) is 0.594. The third-order valence-electron chi connectivity index (χ3n) is 2.02. The number of hydrogen-bond donors (Lipinski definition) is 6. The number of hydrogen-bond acceptors (Lipinski definition) is 8. The zero-order chi connectivity index (χ0) is 23.3. The van der Waals surface area contributed by atoms with E-state index in [0.717, 1.165) is 7.11 Å². The molecule has 0 amide bonds. The van der Waals surface area contributed by atoms with Crippen LogP contribution in [0, 0.1) is 0 Å². The topological polar surface area (TPSA) is 162 Å². The van der Waals surface area contributed by atoms with Gasteiger partial charge in [0.15, 0.2) is 0 Å². The van der Waals surface area contributed by atoms with Crippen molar-refractivity contribution in [3.05, 3.63) is 0 Å². The molecule has 0 aromatic heterocycles. The fraction of sp³-hybridized carbons (Fsp3) is 1.00. The van der Waals surface area contributed by atoms with Gasteiger partial charge in [-0.3, -0.25) is 9.96 Å². The van der Waals surface area contributed by atoms with Gasteiger partial charge in [0.1, 0.15) is 0 Å². The molecule has 0 saturated heterocycles. The Balaban J connectivity index is -0.000000105. The number of nitrogens with one attached hydrogen (secondary N) is 2. The van der Waals surface area contributed by atoms with Crippen LogP contribution < -0.4 is 15.7 Å². The number of aliphatic hydroxyl groups is 1. The minimum Gasteiger partial charge on any atom is -0.457 e. The molecular formula is C17H52N3O6Si2+. The van der Waals surface area contributed by atoms with Gasteiger partial charge in [0.25, 0.3) is 0 Å². The summed E-state index contributed by atoms with van der Waals surface area (Å²) in [6, 6.07) is 0. The Morgan fingerprint density at radius 2 is 0.893 bits per heavy atom. The second-order valence-corrected chi connectivity index (χ2v) is 14.7. The minimum atomic E-state index is -3.13. The fourth-order valence-corrected chi connectivity index (χ4v) is 4.69. The first kappa shape index (κ1) is 38.7. The maximum Gasteiger partial charge on any atom is 0.491 e. The van der Waals surface area contributed by atoms with Gasteiger partial charge < -0.3 is 34.8 Å². The van der Waals surface area contributed by atoms with Crippen LogP contribution in [0.2, 0.25) is 13.1 Å². The molecule has 0 heterocycles. The Bertz CT molecular complexity index is 327. The molecule has 0 unspecified atom stereocenters. The number of aliphatic hydroxyl groups excluding tert-OH is 1. The predicted molar refractivity (Wildman–Crippen MR) is 124 cm³/mol. The molecule has 10 N–H and O–H groups in total. The molecular weight excluding hydrogens is 398 g/mol. The van der Waals surface area contributed by atoms with Gasteiger partial charge in [0.2, 0.25) is 0 Å². The van der Waals surface area contributed by atoms with Gasteiger partial charge in [-0.25, -0.2) is 0 Å². The molecule has 0 bridgehead atoms. The second-order valence-electron chi connectivity index (χ2n) is 9.49. The average Bonchev–Trinajstić information content (AvgIpc) is 2.34. The van der Waals surface area contributed by atoms with Crippen molar-refractivity contribution in [1.82, 2.24) is 9.96 Å². The Morgan fingerprint density at radius 3 is 0.964 bits per heavy atom. The summed E-state index contributed by atoms with van der Waals surface area (Å²) in [6.45, 7) is 22.2. The van der Waals surface area contributed by atoms with Crippen molar-refractivity contribution in [2.45, 2.75) is 92.0 Å². The molecule has 0 aromatic rings. The van der Waals surface area contributed by atoms with Crippen LogP contribution in [-0.2, 0) is 14.3 Å². The van der Waals surface area contributed by atoms with E-state index in [1.54, 1.807) is 7.11 Å². The normalized spacial score (nSPS) is 12.2. The highest BCUT2D eigenvalue weighted by molar-refractivity contribution is 6.67.